The highest BCUT2D eigenvalue weighted by Crippen LogP contribution is 2.12. The number of rotatable bonds is 20. The van der Waals surface area contributed by atoms with Gasteiger partial charge in [0.05, 0.1) is 0 Å². The zero-order chi connectivity index (χ0) is 18.6. The van der Waals surface area contributed by atoms with E-state index >= 15 is 0 Å². The zero-order valence-electron chi connectivity index (χ0n) is 18.0. The van der Waals surface area contributed by atoms with Crippen LogP contribution < -0.4 is 0 Å². The molecule has 0 rings (SSSR count). The Morgan fingerprint density at radius 2 is 0.840 bits per heavy atom. The SMILES string of the molecule is CCCCCCCCCC(C)O[SiH2]OC(C)CCCCCCCCC. The summed E-state index contributed by atoms with van der Waals surface area (Å²) in [7, 11) is -0.785. The molecule has 2 nitrogen and oxygen atoms in total. The average Bonchev–Trinajstić information content (AvgIpc) is 2.60. The van der Waals surface area contributed by atoms with Crippen LogP contribution in [0, 0.1) is 0 Å². The Bertz CT molecular complexity index is 224. The first-order chi connectivity index (χ1) is 12.2. The van der Waals surface area contributed by atoms with Gasteiger partial charge in [0.1, 0.15) is 0 Å². The van der Waals surface area contributed by atoms with Crippen LogP contribution in [-0.4, -0.2) is 22.2 Å². The molecule has 0 aliphatic rings. The summed E-state index contributed by atoms with van der Waals surface area (Å²) in [4.78, 5) is 0. The zero-order valence-corrected chi connectivity index (χ0v) is 19.4. The molecule has 0 spiro atoms. The Hall–Kier alpha value is 0.137. The molecule has 0 N–H and O–H groups in total. The van der Waals surface area contributed by atoms with Gasteiger partial charge in [-0.15, -0.1) is 0 Å². The minimum atomic E-state index is -0.785. The molecule has 2 atom stereocenters. The Balaban J connectivity index is 3.29. The molecule has 0 saturated carbocycles. The van der Waals surface area contributed by atoms with Crippen molar-refractivity contribution in [3.05, 3.63) is 0 Å². The summed E-state index contributed by atoms with van der Waals surface area (Å²) in [6.45, 7) is 8.99. The minimum Gasteiger partial charge on any atom is -0.396 e. The molecule has 0 bridgehead atoms. The summed E-state index contributed by atoms with van der Waals surface area (Å²) in [5, 5.41) is 0. The lowest BCUT2D eigenvalue weighted by Crippen LogP contribution is -2.19. The molecular weight excluding hydrogens is 324 g/mol. The van der Waals surface area contributed by atoms with Gasteiger partial charge in [-0.2, -0.15) is 0 Å². The van der Waals surface area contributed by atoms with Crippen LogP contribution in [-0.2, 0) is 8.85 Å². The van der Waals surface area contributed by atoms with E-state index in [9.17, 15) is 0 Å². The van der Waals surface area contributed by atoms with Crippen LogP contribution in [0.1, 0.15) is 130 Å². The number of unbranched alkanes of at least 4 members (excludes halogenated alkanes) is 12. The lowest BCUT2D eigenvalue weighted by molar-refractivity contribution is 0.123. The van der Waals surface area contributed by atoms with Gasteiger partial charge in [0.15, 0.2) is 0 Å². The average molecular weight is 373 g/mol. The summed E-state index contributed by atoms with van der Waals surface area (Å²) in [6, 6.07) is 0. The first-order valence-electron chi connectivity index (χ1n) is 11.4. The van der Waals surface area contributed by atoms with Crippen LogP contribution in [0.4, 0.5) is 0 Å². The smallest absolute Gasteiger partial charge is 0.304 e. The molecule has 0 radical (unpaired) electrons. The molecule has 3 heteroatoms. The Kier molecular flexibility index (Phi) is 20.6. The lowest BCUT2D eigenvalue weighted by Gasteiger charge is -2.17. The standard InChI is InChI=1S/C22H48O2Si/c1-5-7-9-11-13-15-17-19-21(3)23-25-24-22(4)20-18-16-14-12-10-8-6-2/h21-22H,5-20,25H2,1-4H3. The maximum Gasteiger partial charge on any atom is 0.304 e. The second-order valence-electron chi connectivity index (χ2n) is 7.89. The normalized spacial score (nSPS) is 14.4. The minimum absolute atomic E-state index is 0.396. The third-order valence-electron chi connectivity index (χ3n) is 5.13. The van der Waals surface area contributed by atoms with E-state index in [0.29, 0.717) is 12.2 Å². The number of hydrogen-bond acceptors (Lipinski definition) is 2. The molecule has 0 fully saturated rings. The first-order valence-corrected chi connectivity index (χ1v) is 12.6. The van der Waals surface area contributed by atoms with Gasteiger partial charge in [-0.3, -0.25) is 0 Å². The summed E-state index contributed by atoms with van der Waals surface area (Å²) in [5.74, 6) is 0. The lowest BCUT2D eigenvalue weighted by atomic mass is 10.1. The monoisotopic (exact) mass is 372 g/mol. The van der Waals surface area contributed by atoms with Crippen molar-refractivity contribution in [1.82, 2.24) is 0 Å². The van der Waals surface area contributed by atoms with Crippen LogP contribution in [0.5, 0.6) is 0 Å². The van der Waals surface area contributed by atoms with Gasteiger partial charge in [0.25, 0.3) is 0 Å². The van der Waals surface area contributed by atoms with Crippen molar-refractivity contribution >= 4 is 10.0 Å². The van der Waals surface area contributed by atoms with E-state index in [1.54, 1.807) is 0 Å². The molecule has 0 saturated heterocycles. The molecule has 0 aromatic rings. The molecular formula is C22H48O2Si. The molecule has 0 aromatic heterocycles. The van der Waals surface area contributed by atoms with Crippen LogP contribution in [0.15, 0.2) is 0 Å². The fourth-order valence-corrected chi connectivity index (χ4v) is 4.09. The van der Waals surface area contributed by atoms with E-state index in [4.69, 9.17) is 8.85 Å². The molecule has 152 valence electrons. The second kappa shape index (κ2) is 20.4. The third kappa shape index (κ3) is 20.3. The topological polar surface area (TPSA) is 18.5 Å². The van der Waals surface area contributed by atoms with E-state index in [-0.39, 0.29) is 0 Å². The van der Waals surface area contributed by atoms with Gasteiger partial charge >= 0.3 is 10.0 Å². The predicted molar refractivity (Wildman–Crippen MR) is 115 cm³/mol. The molecule has 0 aliphatic carbocycles. The molecule has 25 heavy (non-hydrogen) atoms. The largest absolute Gasteiger partial charge is 0.396 e. The van der Waals surface area contributed by atoms with Gasteiger partial charge in [0.2, 0.25) is 0 Å². The van der Waals surface area contributed by atoms with Crippen molar-refractivity contribution in [3.8, 4) is 0 Å². The van der Waals surface area contributed by atoms with Crippen LogP contribution in [0.2, 0.25) is 0 Å². The third-order valence-corrected chi connectivity index (χ3v) is 6.54. The quantitative estimate of drug-likeness (QED) is 0.168. The van der Waals surface area contributed by atoms with Crippen LogP contribution >= 0.6 is 0 Å². The first kappa shape index (κ1) is 25.1. The summed E-state index contributed by atoms with van der Waals surface area (Å²) < 4.78 is 11.9. The number of hydrogen-bond donors (Lipinski definition) is 0. The van der Waals surface area contributed by atoms with Crippen LogP contribution in [0.3, 0.4) is 0 Å². The van der Waals surface area contributed by atoms with E-state index in [1.807, 2.05) is 0 Å². The Morgan fingerprint density at radius 1 is 0.520 bits per heavy atom. The second-order valence-corrected chi connectivity index (χ2v) is 8.79. The van der Waals surface area contributed by atoms with E-state index < -0.39 is 10.0 Å². The van der Waals surface area contributed by atoms with Gasteiger partial charge in [0, 0.05) is 12.2 Å². The molecule has 0 heterocycles. The highest BCUT2D eigenvalue weighted by Gasteiger charge is 2.06. The Morgan fingerprint density at radius 3 is 1.20 bits per heavy atom. The van der Waals surface area contributed by atoms with Crippen molar-refractivity contribution in [2.45, 2.75) is 143 Å². The summed E-state index contributed by atoms with van der Waals surface area (Å²) in [6.07, 6.45) is 22.5. The van der Waals surface area contributed by atoms with Crippen molar-refractivity contribution in [1.29, 1.82) is 0 Å². The Labute approximate surface area is 161 Å². The fourth-order valence-electron chi connectivity index (χ4n) is 3.22. The molecule has 0 amide bonds. The predicted octanol–water partition coefficient (Wildman–Crippen LogP) is 7.08. The highest BCUT2D eigenvalue weighted by molar-refractivity contribution is 6.18. The summed E-state index contributed by atoms with van der Waals surface area (Å²) in [5.41, 5.74) is 0. The van der Waals surface area contributed by atoms with E-state index in [1.165, 1.54) is 103 Å². The fraction of sp³-hybridized carbons (Fsp3) is 1.00. The maximum absolute atomic E-state index is 5.95. The van der Waals surface area contributed by atoms with Crippen molar-refractivity contribution in [2.75, 3.05) is 0 Å². The molecule has 2 unspecified atom stereocenters. The van der Waals surface area contributed by atoms with Gasteiger partial charge in [-0.05, 0) is 26.7 Å². The van der Waals surface area contributed by atoms with Gasteiger partial charge in [-0.25, -0.2) is 0 Å². The van der Waals surface area contributed by atoms with Crippen LogP contribution in [0.25, 0.3) is 0 Å². The van der Waals surface area contributed by atoms with E-state index in [0.717, 1.165) is 0 Å². The van der Waals surface area contributed by atoms with Gasteiger partial charge in [-0.1, -0.05) is 104 Å². The van der Waals surface area contributed by atoms with E-state index in [2.05, 4.69) is 27.7 Å². The van der Waals surface area contributed by atoms with Gasteiger partial charge < -0.3 is 8.85 Å². The summed E-state index contributed by atoms with van der Waals surface area (Å²) >= 11 is 0. The molecule has 0 aromatic carbocycles. The molecule has 0 aliphatic heterocycles. The van der Waals surface area contributed by atoms with Crippen molar-refractivity contribution in [2.24, 2.45) is 0 Å². The van der Waals surface area contributed by atoms with Crippen molar-refractivity contribution in [3.63, 3.8) is 0 Å². The van der Waals surface area contributed by atoms with Crippen molar-refractivity contribution < 1.29 is 8.85 Å². The maximum atomic E-state index is 5.95. The highest BCUT2D eigenvalue weighted by atomic mass is 28.3.